The van der Waals surface area contributed by atoms with E-state index in [1.807, 2.05) is 45.2 Å². The van der Waals surface area contributed by atoms with Gasteiger partial charge in [0.05, 0.1) is 15.9 Å². The van der Waals surface area contributed by atoms with Crippen LogP contribution in [0.3, 0.4) is 0 Å². The maximum Gasteiger partial charge on any atom is 0.288 e. The number of nitrogens with one attached hydrogen (secondary N) is 1. The Kier molecular flexibility index (Phi) is 5.60. The first kappa shape index (κ1) is 17.4. The average Bonchev–Trinajstić information content (AvgIpc) is 2.46. The van der Waals surface area contributed by atoms with Crippen LogP contribution in [-0.2, 0) is 4.55 Å². The summed E-state index contributed by atoms with van der Waals surface area (Å²) in [7, 11) is 0. The van der Waals surface area contributed by atoms with Gasteiger partial charge in [0.1, 0.15) is 10.8 Å². The van der Waals surface area contributed by atoms with Crippen molar-refractivity contribution in [1.82, 2.24) is 9.78 Å². The maximum absolute atomic E-state index is 13.9. The van der Waals surface area contributed by atoms with E-state index in [9.17, 15) is 14.0 Å². The Morgan fingerprint density at radius 1 is 1.50 bits per heavy atom. The van der Waals surface area contributed by atoms with Crippen LogP contribution >= 0.6 is 56.8 Å². The number of nitrogens with zero attached hydrogens (tertiary/aromatic N) is 2. The van der Waals surface area contributed by atoms with Gasteiger partial charge < -0.3 is 11.1 Å². The zero-order valence-electron chi connectivity index (χ0n) is 10.7. The Labute approximate surface area is 156 Å². The largest absolute Gasteiger partial charge is 0.364 e. The van der Waals surface area contributed by atoms with Gasteiger partial charge in [-0.3, -0.25) is 9.59 Å². The molecule has 1 aromatic heterocycles. The molecule has 3 N–H and O–H groups in total. The molecule has 10 heteroatoms. The number of hydrogen-bond donors (Lipinski definition) is 2. The van der Waals surface area contributed by atoms with E-state index >= 15 is 0 Å². The van der Waals surface area contributed by atoms with Crippen molar-refractivity contribution in [2.24, 2.45) is 5.73 Å². The molecule has 0 saturated carbocycles. The molecule has 0 aliphatic heterocycles. The SMILES string of the molecule is NC(=O)c1nn(CI)c(=O)c(Cl)c1Nc1ccc(I)cc1F. The van der Waals surface area contributed by atoms with Crippen LogP contribution < -0.4 is 16.6 Å². The summed E-state index contributed by atoms with van der Waals surface area (Å²) in [5.74, 6) is -1.44. The monoisotopic (exact) mass is 548 g/mol. The molecule has 1 aromatic carbocycles. The minimum atomic E-state index is -0.881. The second-order valence-corrected chi connectivity index (χ2v) is 6.38. The van der Waals surface area contributed by atoms with Crippen molar-refractivity contribution in [3.05, 3.63) is 48.7 Å². The molecule has 1 heterocycles. The minimum absolute atomic E-state index is 0.0539. The quantitative estimate of drug-likeness (QED) is 0.455. The van der Waals surface area contributed by atoms with Gasteiger partial charge in [0, 0.05) is 3.57 Å². The van der Waals surface area contributed by atoms with Crippen LogP contribution in [0.5, 0.6) is 0 Å². The molecule has 0 unspecified atom stereocenters. The van der Waals surface area contributed by atoms with Crippen molar-refractivity contribution in [2.45, 2.75) is 4.55 Å². The highest BCUT2D eigenvalue weighted by atomic mass is 127. The number of anilines is 2. The van der Waals surface area contributed by atoms with Gasteiger partial charge in [0.2, 0.25) is 0 Å². The smallest absolute Gasteiger partial charge is 0.288 e. The number of carbonyl (C=O) groups is 1. The summed E-state index contributed by atoms with van der Waals surface area (Å²) < 4.78 is 15.8. The first-order chi connectivity index (χ1) is 10.3. The van der Waals surface area contributed by atoms with Crippen LogP contribution in [0.15, 0.2) is 23.0 Å². The van der Waals surface area contributed by atoms with E-state index in [0.717, 1.165) is 4.68 Å². The molecule has 0 aliphatic rings. The van der Waals surface area contributed by atoms with Gasteiger partial charge in [-0.25, -0.2) is 9.07 Å². The van der Waals surface area contributed by atoms with Gasteiger partial charge in [-0.2, -0.15) is 5.10 Å². The molecule has 0 radical (unpaired) electrons. The molecule has 1 amide bonds. The summed E-state index contributed by atoms with van der Waals surface area (Å²) in [6, 6.07) is 4.41. The fraction of sp³-hybridized carbons (Fsp3) is 0.0833. The van der Waals surface area contributed by atoms with Crippen LogP contribution in [0.1, 0.15) is 10.5 Å². The van der Waals surface area contributed by atoms with Crippen molar-refractivity contribution in [2.75, 3.05) is 5.32 Å². The number of carbonyl (C=O) groups excluding carboxylic acids is 1. The molecule has 22 heavy (non-hydrogen) atoms. The standard InChI is InChI=1S/C12H8ClFI2N4O2/c13-8-9(18-7-2-1-5(16)3-6(7)14)10(11(17)21)19-20(4-15)12(8)22/h1-3,18H,4H2,(H2,17,21). The van der Waals surface area contributed by atoms with Crippen LogP contribution in [0.2, 0.25) is 5.02 Å². The molecule has 0 spiro atoms. The number of halogens is 4. The molecule has 0 saturated heterocycles. The number of alkyl halides is 1. The highest BCUT2D eigenvalue weighted by Gasteiger charge is 2.20. The lowest BCUT2D eigenvalue weighted by Gasteiger charge is -2.13. The second kappa shape index (κ2) is 7.08. The van der Waals surface area contributed by atoms with Crippen molar-refractivity contribution in [3.8, 4) is 0 Å². The Hall–Kier alpha value is -0.950. The lowest BCUT2D eigenvalue weighted by Crippen LogP contribution is -2.28. The number of primary amides is 1. The second-order valence-electron chi connectivity index (χ2n) is 4.08. The van der Waals surface area contributed by atoms with E-state index in [2.05, 4.69) is 10.4 Å². The highest BCUT2D eigenvalue weighted by Crippen LogP contribution is 2.27. The summed E-state index contributed by atoms with van der Waals surface area (Å²) in [5, 5.41) is 6.19. The van der Waals surface area contributed by atoms with Crippen LogP contribution in [0.25, 0.3) is 0 Å². The normalized spacial score (nSPS) is 10.5. The Bertz CT molecular complexity index is 812. The number of nitrogens with two attached hydrogens (primary N) is 1. The van der Waals surface area contributed by atoms with Gasteiger partial charge in [0.25, 0.3) is 11.5 Å². The predicted octanol–water partition coefficient (Wildman–Crippen LogP) is 2.88. The van der Waals surface area contributed by atoms with Crippen molar-refractivity contribution in [3.63, 3.8) is 0 Å². The number of aromatic nitrogens is 2. The molecular weight excluding hydrogens is 540 g/mol. The fourth-order valence-corrected chi connectivity index (χ4v) is 2.78. The third-order valence-electron chi connectivity index (χ3n) is 2.64. The van der Waals surface area contributed by atoms with Gasteiger partial charge in [0.15, 0.2) is 5.69 Å². The van der Waals surface area contributed by atoms with E-state index in [1.54, 1.807) is 6.07 Å². The Morgan fingerprint density at radius 2 is 2.18 bits per heavy atom. The van der Waals surface area contributed by atoms with Crippen LogP contribution in [-0.4, -0.2) is 15.7 Å². The number of hydrogen-bond acceptors (Lipinski definition) is 4. The first-order valence-corrected chi connectivity index (χ1v) is 8.71. The molecule has 0 fully saturated rings. The summed E-state index contributed by atoms with van der Waals surface area (Å²) >= 11 is 9.83. The van der Waals surface area contributed by atoms with Crippen LogP contribution in [0.4, 0.5) is 15.8 Å². The topological polar surface area (TPSA) is 90.0 Å². The predicted molar refractivity (Wildman–Crippen MR) is 98.4 cm³/mol. The third-order valence-corrected chi connectivity index (χ3v) is 4.30. The average molecular weight is 548 g/mol. The maximum atomic E-state index is 13.9. The van der Waals surface area contributed by atoms with Gasteiger partial charge >= 0.3 is 0 Å². The highest BCUT2D eigenvalue weighted by molar-refractivity contribution is 14.1. The van der Waals surface area contributed by atoms with Gasteiger partial charge in [-0.15, -0.1) is 0 Å². The molecular formula is C12H8ClFI2N4O2. The lowest BCUT2D eigenvalue weighted by molar-refractivity contribution is 0.0994. The minimum Gasteiger partial charge on any atom is -0.364 e. The van der Waals surface area contributed by atoms with Crippen LogP contribution in [0, 0.1) is 9.39 Å². The van der Waals surface area contributed by atoms with E-state index in [4.69, 9.17) is 17.3 Å². The molecule has 2 rings (SSSR count). The number of benzene rings is 1. The fourth-order valence-electron chi connectivity index (χ4n) is 1.63. The van der Waals surface area contributed by atoms with Crippen molar-refractivity contribution < 1.29 is 9.18 Å². The summed E-state index contributed by atoms with van der Waals surface area (Å²) in [4.78, 5) is 23.5. The third kappa shape index (κ3) is 3.51. The van der Waals surface area contributed by atoms with E-state index in [1.165, 1.54) is 12.1 Å². The molecule has 6 nitrogen and oxygen atoms in total. The molecule has 0 bridgehead atoms. The Balaban J connectivity index is 2.61. The summed E-state index contributed by atoms with van der Waals surface area (Å²) in [6.45, 7) is 0. The molecule has 2 aromatic rings. The molecule has 0 atom stereocenters. The van der Waals surface area contributed by atoms with Gasteiger partial charge in [-0.1, -0.05) is 34.2 Å². The number of amides is 1. The van der Waals surface area contributed by atoms with E-state index in [0.29, 0.717) is 3.57 Å². The lowest BCUT2D eigenvalue weighted by atomic mass is 10.2. The zero-order chi connectivity index (χ0) is 16.4. The summed E-state index contributed by atoms with van der Waals surface area (Å²) in [6.07, 6.45) is 0. The summed E-state index contributed by atoms with van der Waals surface area (Å²) in [5.41, 5.74) is 4.36. The first-order valence-electron chi connectivity index (χ1n) is 5.73. The molecule has 116 valence electrons. The van der Waals surface area contributed by atoms with E-state index < -0.39 is 17.3 Å². The molecule has 0 aliphatic carbocycles. The van der Waals surface area contributed by atoms with Gasteiger partial charge in [-0.05, 0) is 40.8 Å². The number of rotatable bonds is 4. The van der Waals surface area contributed by atoms with Crippen molar-refractivity contribution >= 4 is 74.1 Å². The Morgan fingerprint density at radius 3 is 2.73 bits per heavy atom. The van der Waals surface area contributed by atoms with E-state index in [-0.39, 0.29) is 26.6 Å². The van der Waals surface area contributed by atoms with Crippen molar-refractivity contribution in [1.29, 1.82) is 0 Å². The zero-order valence-corrected chi connectivity index (χ0v) is 15.8.